The van der Waals surface area contributed by atoms with E-state index < -0.39 is 0 Å². The highest BCUT2D eigenvalue weighted by Crippen LogP contribution is 2.32. The Morgan fingerprint density at radius 3 is 3.00 bits per heavy atom. The van der Waals surface area contributed by atoms with Crippen LogP contribution in [-0.4, -0.2) is 12.1 Å². The van der Waals surface area contributed by atoms with Crippen molar-refractivity contribution in [3.8, 4) is 5.88 Å². The van der Waals surface area contributed by atoms with Crippen LogP contribution in [0.1, 0.15) is 0 Å². The maximum absolute atomic E-state index is 13.8. The first kappa shape index (κ1) is 14.4. The molecule has 0 fully saturated rings. The van der Waals surface area contributed by atoms with Gasteiger partial charge in [-0.05, 0) is 46.1 Å². The lowest BCUT2D eigenvalue weighted by Crippen LogP contribution is -1.95. The van der Waals surface area contributed by atoms with Crippen molar-refractivity contribution in [1.82, 2.24) is 4.98 Å². The van der Waals surface area contributed by atoms with Gasteiger partial charge in [0.2, 0.25) is 5.88 Å². The Bertz CT molecular complexity index is 600. The molecule has 7 heteroatoms. The lowest BCUT2D eigenvalue weighted by atomic mass is 10.3. The van der Waals surface area contributed by atoms with Gasteiger partial charge in [-0.3, -0.25) is 0 Å². The van der Waals surface area contributed by atoms with E-state index >= 15 is 0 Å². The fourth-order valence-corrected chi connectivity index (χ4v) is 2.70. The van der Waals surface area contributed by atoms with Gasteiger partial charge in [-0.25, -0.2) is 9.37 Å². The Balaban J connectivity index is 2.18. The third kappa shape index (κ3) is 3.52. The molecule has 100 valence electrons. The fraction of sp³-hybridized carbons (Fsp3) is 0.0833. The number of hydrogen-bond donors (Lipinski definition) is 1. The highest BCUT2D eigenvalue weighted by Gasteiger charge is 2.09. The fourth-order valence-electron chi connectivity index (χ4n) is 1.33. The summed E-state index contributed by atoms with van der Waals surface area (Å²) in [5.74, 6) is 0.0706. The maximum Gasteiger partial charge on any atom is 0.228 e. The standard InChI is InChI=1S/C12H9BrClFN2OS/c1-18-12-10(5-7(14)6-16-12)19-17-9-4-2-3-8(13)11(9)15/h2-6,17H,1H3. The van der Waals surface area contributed by atoms with Crippen LogP contribution in [0.4, 0.5) is 10.1 Å². The van der Waals surface area contributed by atoms with Crippen LogP contribution in [0, 0.1) is 5.82 Å². The number of benzene rings is 1. The average Bonchev–Trinajstić information content (AvgIpc) is 2.40. The van der Waals surface area contributed by atoms with Crippen molar-refractivity contribution >= 4 is 45.2 Å². The van der Waals surface area contributed by atoms with E-state index in [1.54, 1.807) is 24.3 Å². The summed E-state index contributed by atoms with van der Waals surface area (Å²) in [5.41, 5.74) is 0.362. The molecule has 1 N–H and O–H groups in total. The van der Waals surface area contributed by atoms with Crippen molar-refractivity contribution in [3.05, 3.63) is 45.8 Å². The SMILES string of the molecule is COc1ncc(Cl)cc1SNc1cccc(Br)c1F. The Hall–Kier alpha value is -0.980. The van der Waals surface area contributed by atoms with Gasteiger partial charge in [-0.1, -0.05) is 17.7 Å². The lowest BCUT2D eigenvalue weighted by molar-refractivity contribution is 0.387. The number of pyridine rings is 1. The van der Waals surface area contributed by atoms with Crippen LogP contribution in [-0.2, 0) is 0 Å². The zero-order valence-electron chi connectivity index (χ0n) is 9.78. The first-order chi connectivity index (χ1) is 9.11. The van der Waals surface area contributed by atoms with Crippen molar-refractivity contribution in [3.63, 3.8) is 0 Å². The van der Waals surface area contributed by atoms with Gasteiger partial charge in [0.25, 0.3) is 0 Å². The Kier molecular flexibility index (Phi) is 4.90. The van der Waals surface area contributed by atoms with E-state index in [1.165, 1.54) is 25.3 Å². The van der Waals surface area contributed by atoms with Crippen molar-refractivity contribution < 1.29 is 9.13 Å². The first-order valence-corrected chi connectivity index (χ1v) is 7.17. The second-order valence-corrected chi connectivity index (χ2v) is 5.61. The van der Waals surface area contributed by atoms with Crippen LogP contribution in [0.2, 0.25) is 5.02 Å². The van der Waals surface area contributed by atoms with Crippen molar-refractivity contribution in [1.29, 1.82) is 0 Å². The molecular formula is C12H9BrClFN2OS. The number of ether oxygens (including phenoxy) is 1. The molecule has 0 aliphatic rings. The predicted molar refractivity (Wildman–Crippen MR) is 79.4 cm³/mol. The molecule has 1 heterocycles. The number of anilines is 1. The highest BCUT2D eigenvalue weighted by atomic mass is 79.9. The molecule has 0 radical (unpaired) electrons. The van der Waals surface area contributed by atoms with Crippen molar-refractivity contribution in [2.24, 2.45) is 0 Å². The van der Waals surface area contributed by atoms with E-state index in [9.17, 15) is 4.39 Å². The minimum Gasteiger partial charge on any atom is -0.480 e. The summed E-state index contributed by atoms with van der Waals surface area (Å²) in [7, 11) is 1.51. The lowest BCUT2D eigenvalue weighted by Gasteiger charge is -2.10. The molecule has 0 aliphatic heterocycles. The summed E-state index contributed by atoms with van der Waals surface area (Å²) in [5, 5.41) is 0.486. The van der Waals surface area contributed by atoms with Crippen molar-refractivity contribution in [2.45, 2.75) is 4.90 Å². The molecular weight excluding hydrogens is 355 g/mol. The molecule has 2 aromatic rings. The third-order valence-electron chi connectivity index (χ3n) is 2.20. The molecule has 1 aromatic heterocycles. The van der Waals surface area contributed by atoms with Gasteiger partial charge in [0.1, 0.15) is 0 Å². The van der Waals surface area contributed by atoms with Crippen LogP contribution < -0.4 is 9.46 Å². The van der Waals surface area contributed by atoms with Crippen LogP contribution in [0.5, 0.6) is 5.88 Å². The Morgan fingerprint density at radius 2 is 2.26 bits per heavy atom. The van der Waals surface area contributed by atoms with E-state index in [0.717, 1.165) is 0 Å². The summed E-state index contributed by atoms with van der Waals surface area (Å²) < 4.78 is 22.2. The van der Waals surface area contributed by atoms with Gasteiger partial charge < -0.3 is 9.46 Å². The second kappa shape index (κ2) is 6.45. The van der Waals surface area contributed by atoms with Gasteiger partial charge in [-0.2, -0.15) is 0 Å². The average molecular weight is 364 g/mol. The number of nitrogens with one attached hydrogen (secondary N) is 1. The molecule has 0 bridgehead atoms. The number of halogens is 3. The zero-order valence-corrected chi connectivity index (χ0v) is 12.9. The van der Waals surface area contributed by atoms with Gasteiger partial charge in [0.15, 0.2) is 5.82 Å². The smallest absolute Gasteiger partial charge is 0.228 e. The van der Waals surface area contributed by atoms with E-state index in [0.29, 0.717) is 26.0 Å². The monoisotopic (exact) mass is 362 g/mol. The summed E-state index contributed by atoms with van der Waals surface area (Å²) in [4.78, 5) is 4.71. The largest absolute Gasteiger partial charge is 0.480 e. The maximum atomic E-state index is 13.8. The van der Waals surface area contributed by atoms with Gasteiger partial charge >= 0.3 is 0 Å². The summed E-state index contributed by atoms with van der Waals surface area (Å²) in [6.45, 7) is 0. The quantitative estimate of drug-likeness (QED) is 0.794. The van der Waals surface area contributed by atoms with Crippen molar-refractivity contribution in [2.75, 3.05) is 11.8 Å². The second-order valence-electron chi connectivity index (χ2n) is 3.47. The summed E-state index contributed by atoms with van der Waals surface area (Å²) in [6, 6.07) is 6.70. The van der Waals surface area contributed by atoms with E-state index in [-0.39, 0.29) is 5.82 Å². The molecule has 0 atom stereocenters. The molecule has 0 saturated carbocycles. The molecule has 0 spiro atoms. The zero-order chi connectivity index (χ0) is 13.8. The van der Waals surface area contributed by atoms with Gasteiger partial charge in [-0.15, -0.1) is 0 Å². The number of nitrogens with zero attached hydrogens (tertiary/aromatic N) is 1. The van der Waals surface area contributed by atoms with E-state index in [2.05, 4.69) is 25.6 Å². The normalized spacial score (nSPS) is 10.3. The van der Waals surface area contributed by atoms with Gasteiger partial charge in [0.05, 0.1) is 27.2 Å². The molecule has 0 aliphatic carbocycles. The summed E-state index contributed by atoms with van der Waals surface area (Å²) in [6.07, 6.45) is 1.49. The third-order valence-corrected chi connectivity index (χ3v) is 3.85. The first-order valence-electron chi connectivity index (χ1n) is 5.18. The topological polar surface area (TPSA) is 34.1 Å². The molecule has 0 saturated heterocycles. The predicted octanol–water partition coefficient (Wildman–Crippen LogP) is 4.76. The minimum absolute atomic E-state index is 0.357. The minimum atomic E-state index is -0.357. The van der Waals surface area contributed by atoms with Crippen LogP contribution in [0.25, 0.3) is 0 Å². The van der Waals surface area contributed by atoms with Gasteiger partial charge in [0, 0.05) is 6.20 Å². The van der Waals surface area contributed by atoms with Crippen LogP contribution >= 0.6 is 39.5 Å². The molecule has 3 nitrogen and oxygen atoms in total. The molecule has 19 heavy (non-hydrogen) atoms. The Morgan fingerprint density at radius 1 is 1.47 bits per heavy atom. The molecule has 1 aromatic carbocycles. The molecule has 0 amide bonds. The van der Waals surface area contributed by atoms with E-state index in [4.69, 9.17) is 16.3 Å². The van der Waals surface area contributed by atoms with E-state index in [1.807, 2.05) is 0 Å². The number of aromatic nitrogens is 1. The summed E-state index contributed by atoms with van der Waals surface area (Å²) >= 11 is 10.2. The number of hydrogen-bond acceptors (Lipinski definition) is 4. The molecule has 2 rings (SSSR count). The molecule has 0 unspecified atom stereocenters. The van der Waals surface area contributed by atoms with Crippen LogP contribution in [0.3, 0.4) is 0 Å². The highest BCUT2D eigenvalue weighted by molar-refractivity contribution is 9.10. The number of methoxy groups -OCH3 is 1. The van der Waals surface area contributed by atoms with Crippen LogP contribution in [0.15, 0.2) is 39.8 Å². The number of rotatable bonds is 4. The Labute approximate surface area is 127 Å².